The Balaban J connectivity index is 1.98. The molecule has 0 atom stereocenters. The number of halogens is 1. The third kappa shape index (κ3) is 3.57. The Bertz CT molecular complexity index is 552. The SMILES string of the molecule is Cc1cc(NC(=O)Cc2ccc(Cl)cc2)ccn1. The van der Waals surface area contributed by atoms with Crippen LogP contribution in [-0.4, -0.2) is 10.9 Å². The second-order valence-electron chi connectivity index (χ2n) is 4.04. The number of amides is 1. The van der Waals surface area contributed by atoms with Crippen molar-refractivity contribution in [1.29, 1.82) is 0 Å². The predicted octanol–water partition coefficient (Wildman–Crippen LogP) is 3.22. The first-order valence-electron chi connectivity index (χ1n) is 5.60. The highest BCUT2D eigenvalue weighted by atomic mass is 35.5. The van der Waals surface area contributed by atoms with E-state index in [9.17, 15) is 4.79 Å². The summed E-state index contributed by atoms with van der Waals surface area (Å²) in [5.74, 6) is -0.0528. The first-order chi connectivity index (χ1) is 8.63. The van der Waals surface area contributed by atoms with Crippen molar-refractivity contribution in [1.82, 2.24) is 4.98 Å². The second kappa shape index (κ2) is 5.65. The fourth-order valence-electron chi connectivity index (χ4n) is 1.62. The van der Waals surface area contributed by atoms with E-state index in [0.29, 0.717) is 11.4 Å². The van der Waals surface area contributed by atoms with Gasteiger partial charge >= 0.3 is 0 Å². The van der Waals surface area contributed by atoms with Gasteiger partial charge in [0.1, 0.15) is 0 Å². The molecular formula is C14H13ClN2O. The quantitative estimate of drug-likeness (QED) is 0.921. The van der Waals surface area contributed by atoms with Crippen molar-refractivity contribution in [2.45, 2.75) is 13.3 Å². The van der Waals surface area contributed by atoms with Crippen LogP contribution in [-0.2, 0) is 11.2 Å². The first kappa shape index (κ1) is 12.6. The standard InChI is InChI=1S/C14H13ClN2O/c1-10-8-13(6-7-16-10)17-14(18)9-11-2-4-12(15)5-3-11/h2-8H,9H2,1H3,(H,16,17,18). The minimum Gasteiger partial charge on any atom is -0.326 e. The summed E-state index contributed by atoms with van der Waals surface area (Å²) in [5, 5.41) is 3.50. The van der Waals surface area contributed by atoms with E-state index >= 15 is 0 Å². The molecule has 18 heavy (non-hydrogen) atoms. The lowest BCUT2D eigenvalue weighted by molar-refractivity contribution is -0.115. The number of carbonyl (C=O) groups is 1. The van der Waals surface area contributed by atoms with Crippen molar-refractivity contribution in [3.05, 3.63) is 58.9 Å². The molecule has 1 aromatic carbocycles. The number of benzene rings is 1. The van der Waals surface area contributed by atoms with Gasteiger partial charge in [0, 0.05) is 22.6 Å². The van der Waals surface area contributed by atoms with E-state index in [0.717, 1.165) is 16.9 Å². The molecule has 0 saturated carbocycles. The molecule has 1 heterocycles. The summed E-state index contributed by atoms with van der Waals surface area (Å²) < 4.78 is 0. The van der Waals surface area contributed by atoms with E-state index in [4.69, 9.17) is 11.6 Å². The maximum Gasteiger partial charge on any atom is 0.228 e. The van der Waals surface area contributed by atoms with Gasteiger partial charge in [-0.05, 0) is 36.8 Å². The number of pyridine rings is 1. The molecule has 2 rings (SSSR count). The number of hydrogen-bond acceptors (Lipinski definition) is 2. The van der Waals surface area contributed by atoms with Crippen LogP contribution in [0, 0.1) is 6.92 Å². The zero-order valence-corrected chi connectivity index (χ0v) is 10.7. The monoisotopic (exact) mass is 260 g/mol. The van der Waals surface area contributed by atoms with Gasteiger partial charge in [-0.1, -0.05) is 23.7 Å². The van der Waals surface area contributed by atoms with Crippen LogP contribution in [0.25, 0.3) is 0 Å². The summed E-state index contributed by atoms with van der Waals surface area (Å²) in [4.78, 5) is 15.9. The van der Waals surface area contributed by atoms with Crippen LogP contribution in [0.3, 0.4) is 0 Å². The Labute approximate surface area is 111 Å². The van der Waals surface area contributed by atoms with Crippen LogP contribution in [0.5, 0.6) is 0 Å². The molecule has 1 amide bonds. The molecular weight excluding hydrogens is 248 g/mol. The van der Waals surface area contributed by atoms with Crippen LogP contribution in [0.1, 0.15) is 11.3 Å². The second-order valence-corrected chi connectivity index (χ2v) is 4.47. The third-order valence-corrected chi connectivity index (χ3v) is 2.71. The molecule has 1 aromatic heterocycles. The van der Waals surface area contributed by atoms with E-state index in [2.05, 4.69) is 10.3 Å². The van der Waals surface area contributed by atoms with Gasteiger partial charge in [-0.15, -0.1) is 0 Å². The summed E-state index contributed by atoms with van der Waals surface area (Å²) in [6.45, 7) is 1.88. The van der Waals surface area contributed by atoms with Gasteiger partial charge in [-0.25, -0.2) is 0 Å². The predicted molar refractivity (Wildman–Crippen MR) is 72.8 cm³/mol. The molecule has 4 heteroatoms. The number of rotatable bonds is 3. The highest BCUT2D eigenvalue weighted by Gasteiger charge is 2.04. The van der Waals surface area contributed by atoms with Crippen LogP contribution >= 0.6 is 11.6 Å². The number of carbonyl (C=O) groups excluding carboxylic acids is 1. The average Bonchev–Trinajstić information content (AvgIpc) is 2.32. The summed E-state index contributed by atoms with van der Waals surface area (Å²) in [7, 11) is 0. The molecule has 2 aromatic rings. The van der Waals surface area contributed by atoms with Gasteiger partial charge in [0.05, 0.1) is 6.42 Å². The highest BCUT2D eigenvalue weighted by molar-refractivity contribution is 6.30. The number of nitrogens with zero attached hydrogens (tertiary/aromatic N) is 1. The Morgan fingerprint density at radius 3 is 2.67 bits per heavy atom. The topological polar surface area (TPSA) is 42.0 Å². The molecule has 0 aliphatic carbocycles. The van der Waals surface area contributed by atoms with Crippen LogP contribution in [0.15, 0.2) is 42.6 Å². The summed E-state index contributed by atoms with van der Waals surface area (Å²) in [6.07, 6.45) is 2.01. The van der Waals surface area contributed by atoms with Crippen LogP contribution in [0.4, 0.5) is 5.69 Å². The van der Waals surface area contributed by atoms with Crippen LogP contribution in [0.2, 0.25) is 5.02 Å². The number of hydrogen-bond donors (Lipinski definition) is 1. The minimum absolute atomic E-state index is 0.0528. The van der Waals surface area contributed by atoms with Crippen molar-refractivity contribution in [3.8, 4) is 0 Å². The lowest BCUT2D eigenvalue weighted by Crippen LogP contribution is -2.14. The molecule has 92 valence electrons. The zero-order valence-electron chi connectivity index (χ0n) is 9.98. The fraction of sp³-hybridized carbons (Fsp3) is 0.143. The molecule has 0 saturated heterocycles. The van der Waals surface area contributed by atoms with E-state index in [-0.39, 0.29) is 5.91 Å². The van der Waals surface area contributed by atoms with E-state index in [1.165, 1.54) is 0 Å². The van der Waals surface area contributed by atoms with Gasteiger partial charge in [0.25, 0.3) is 0 Å². The number of aromatic nitrogens is 1. The van der Waals surface area contributed by atoms with Crippen molar-refractivity contribution in [2.75, 3.05) is 5.32 Å². The lowest BCUT2D eigenvalue weighted by Gasteiger charge is -2.05. The third-order valence-electron chi connectivity index (χ3n) is 2.46. The molecule has 1 N–H and O–H groups in total. The van der Waals surface area contributed by atoms with E-state index in [1.807, 2.05) is 25.1 Å². The summed E-state index contributed by atoms with van der Waals surface area (Å²) in [6, 6.07) is 10.9. The molecule has 0 unspecified atom stereocenters. The molecule has 0 aliphatic rings. The molecule has 0 radical (unpaired) electrons. The maximum absolute atomic E-state index is 11.8. The van der Waals surface area contributed by atoms with Gasteiger partial charge in [0.15, 0.2) is 0 Å². The molecule has 0 spiro atoms. The van der Waals surface area contributed by atoms with Gasteiger partial charge in [0.2, 0.25) is 5.91 Å². The van der Waals surface area contributed by atoms with Crippen molar-refractivity contribution >= 4 is 23.2 Å². The molecule has 0 fully saturated rings. The first-order valence-corrected chi connectivity index (χ1v) is 5.98. The Morgan fingerprint density at radius 2 is 2.00 bits per heavy atom. The Morgan fingerprint density at radius 1 is 1.28 bits per heavy atom. The lowest BCUT2D eigenvalue weighted by atomic mass is 10.1. The Hall–Kier alpha value is -1.87. The summed E-state index contributed by atoms with van der Waals surface area (Å²) >= 11 is 5.79. The van der Waals surface area contributed by atoms with Gasteiger partial charge in [-0.2, -0.15) is 0 Å². The molecule has 0 bridgehead atoms. The highest BCUT2D eigenvalue weighted by Crippen LogP contribution is 2.11. The van der Waals surface area contributed by atoms with E-state index < -0.39 is 0 Å². The number of anilines is 1. The van der Waals surface area contributed by atoms with E-state index in [1.54, 1.807) is 24.4 Å². The summed E-state index contributed by atoms with van der Waals surface area (Å²) in [5.41, 5.74) is 2.57. The van der Waals surface area contributed by atoms with Crippen molar-refractivity contribution < 1.29 is 4.79 Å². The minimum atomic E-state index is -0.0528. The van der Waals surface area contributed by atoms with Crippen molar-refractivity contribution in [2.24, 2.45) is 0 Å². The van der Waals surface area contributed by atoms with Crippen molar-refractivity contribution in [3.63, 3.8) is 0 Å². The molecule has 3 nitrogen and oxygen atoms in total. The zero-order chi connectivity index (χ0) is 13.0. The van der Waals surface area contributed by atoms with Gasteiger partial charge in [-0.3, -0.25) is 9.78 Å². The largest absolute Gasteiger partial charge is 0.326 e. The van der Waals surface area contributed by atoms with Crippen LogP contribution < -0.4 is 5.32 Å². The van der Waals surface area contributed by atoms with Gasteiger partial charge < -0.3 is 5.32 Å². The molecule has 0 aliphatic heterocycles. The number of nitrogens with one attached hydrogen (secondary N) is 1. The normalized spacial score (nSPS) is 10.1. The smallest absolute Gasteiger partial charge is 0.228 e. The average molecular weight is 261 g/mol. The Kier molecular flexibility index (Phi) is 3.95. The maximum atomic E-state index is 11.8. The fourth-order valence-corrected chi connectivity index (χ4v) is 1.74. The number of aryl methyl sites for hydroxylation is 1.